The zero-order chi connectivity index (χ0) is 23.1. The van der Waals surface area contributed by atoms with Crippen LogP contribution in [-0.2, 0) is 12.8 Å². The van der Waals surface area contributed by atoms with E-state index in [1.54, 1.807) is 6.20 Å². The minimum atomic E-state index is 0.600. The molecule has 5 nitrogen and oxygen atoms in total. The Labute approximate surface area is 213 Å². The van der Waals surface area contributed by atoms with Crippen molar-refractivity contribution in [2.75, 3.05) is 25.0 Å². The van der Waals surface area contributed by atoms with E-state index in [9.17, 15) is 0 Å². The minimum absolute atomic E-state index is 0.600. The van der Waals surface area contributed by atoms with Gasteiger partial charge in [0.2, 0.25) is 0 Å². The first-order chi connectivity index (χ1) is 16.7. The van der Waals surface area contributed by atoms with Crippen LogP contribution in [0, 0.1) is 5.92 Å². The van der Waals surface area contributed by atoms with Gasteiger partial charge in [0.15, 0.2) is 5.65 Å². The highest BCUT2D eigenvalue weighted by molar-refractivity contribution is 9.10. The van der Waals surface area contributed by atoms with E-state index >= 15 is 0 Å². The van der Waals surface area contributed by atoms with Crippen LogP contribution in [0.25, 0.3) is 16.9 Å². The van der Waals surface area contributed by atoms with Crippen molar-refractivity contribution in [3.8, 4) is 11.3 Å². The molecule has 2 aliphatic rings. The second kappa shape index (κ2) is 9.33. The van der Waals surface area contributed by atoms with Crippen molar-refractivity contribution >= 4 is 39.0 Å². The molecule has 0 spiro atoms. The van der Waals surface area contributed by atoms with Gasteiger partial charge in [-0.2, -0.15) is 9.61 Å². The lowest BCUT2D eigenvalue weighted by atomic mass is 9.96. The maximum Gasteiger partial charge on any atom is 0.172 e. The maximum atomic E-state index is 6.49. The Balaban J connectivity index is 1.20. The Bertz CT molecular complexity index is 1310. The van der Waals surface area contributed by atoms with Crippen molar-refractivity contribution in [3.05, 3.63) is 81.4 Å². The topological polar surface area (TPSA) is 45.5 Å². The fourth-order valence-corrected chi connectivity index (χ4v) is 6.09. The lowest BCUT2D eigenvalue weighted by Crippen LogP contribution is -2.44. The molecule has 4 aromatic rings. The third-order valence-corrected chi connectivity index (χ3v) is 8.14. The number of anilines is 1. The predicted octanol–water partition coefficient (Wildman–Crippen LogP) is 6.10. The number of hydrogen-bond acceptors (Lipinski definition) is 4. The smallest absolute Gasteiger partial charge is 0.172 e. The van der Waals surface area contributed by atoms with E-state index in [1.807, 2.05) is 28.8 Å². The first-order valence-electron chi connectivity index (χ1n) is 12.0. The summed E-state index contributed by atoms with van der Waals surface area (Å²) in [6.45, 7) is 3.26. The van der Waals surface area contributed by atoms with Gasteiger partial charge in [0, 0.05) is 35.8 Å². The molecule has 2 aromatic heterocycles. The van der Waals surface area contributed by atoms with Crippen LogP contribution < -0.4 is 5.32 Å². The highest BCUT2D eigenvalue weighted by Crippen LogP contribution is 2.32. The summed E-state index contributed by atoms with van der Waals surface area (Å²) in [4.78, 5) is 7.55. The van der Waals surface area contributed by atoms with Gasteiger partial charge in [-0.25, -0.2) is 4.98 Å². The van der Waals surface area contributed by atoms with Crippen LogP contribution >= 0.6 is 27.5 Å². The zero-order valence-electron chi connectivity index (χ0n) is 18.9. The van der Waals surface area contributed by atoms with Crippen molar-refractivity contribution in [1.82, 2.24) is 19.5 Å². The first kappa shape index (κ1) is 22.1. The number of nitrogens with one attached hydrogen (secondary N) is 1. The average molecular weight is 537 g/mol. The van der Waals surface area contributed by atoms with E-state index in [0.29, 0.717) is 17.0 Å². The number of aromatic nitrogens is 3. The second-order valence-corrected chi connectivity index (χ2v) is 10.7. The number of rotatable bonds is 5. The minimum Gasteiger partial charge on any atom is -0.370 e. The molecule has 7 heteroatoms. The van der Waals surface area contributed by atoms with Crippen molar-refractivity contribution in [3.63, 3.8) is 0 Å². The van der Waals surface area contributed by atoms with E-state index in [1.165, 1.54) is 43.4 Å². The molecule has 0 bridgehead atoms. The summed E-state index contributed by atoms with van der Waals surface area (Å²) in [5, 5.41) is 8.94. The van der Waals surface area contributed by atoms with E-state index in [4.69, 9.17) is 16.6 Å². The van der Waals surface area contributed by atoms with Gasteiger partial charge in [-0.1, -0.05) is 54.1 Å². The summed E-state index contributed by atoms with van der Waals surface area (Å²) in [7, 11) is 0. The Hall–Kier alpha value is -2.41. The number of fused-ring (bicyclic) bond motifs is 2. The summed E-state index contributed by atoms with van der Waals surface area (Å²) < 4.78 is 2.74. The molecule has 6 rings (SSSR count). The standard InChI is InChI=1S/C27H27BrClN5/c28-23-16-31-34-26(14-25(32-27(23)34)22-9-3-4-10-24(22)29)30-15-18-6-5-11-33(17-18)21-12-19-7-1-2-8-20(19)13-21/h1-4,7-10,14,16,18,21,30H,5-6,11-13,15,17H2. The lowest BCUT2D eigenvalue weighted by Gasteiger charge is -2.37. The summed E-state index contributed by atoms with van der Waals surface area (Å²) >= 11 is 10.1. The van der Waals surface area contributed by atoms with Gasteiger partial charge in [-0.05, 0) is 71.3 Å². The molecule has 1 unspecified atom stereocenters. The van der Waals surface area contributed by atoms with Crippen LogP contribution in [0.3, 0.4) is 0 Å². The van der Waals surface area contributed by atoms with E-state index in [2.05, 4.69) is 61.6 Å². The van der Waals surface area contributed by atoms with Gasteiger partial charge in [0.1, 0.15) is 5.82 Å². The molecule has 1 saturated heterocycles. The van der Waals surface area contributed by atoms with Crippen molar-refractivity contribution in [2.24, 2.45) is 5.92 Å². The Kier molecular flexibility index (Phi) is 6.06. The SMILES string of the molecule is Clc1ccccc1-c1cc(NCC2CCCN(C3Cc4ccccc4C3)C2)n2ncc(Br)c2n1. The molecular formula is C27H27BrClN5. The van der Waals surface area contributed by atoms with Crippen molar-refractivity contribution < 1.29 is 0 Å². The lowest BCUT2D eigenvalue weighted by molar-refractivity contribution is 0.131. The molecule has 0 radical (unpaired) electrons. The molecule has 0 saturated carbocycles. The summed E-state index contributed by atoms with van der Waals surface area (Å²) in [6, 6.07) is 19.5. The molecule has 2 aromatic carbocycles. The maximum absolute atomic E-state index is 6.49. The van der Waals surface area contributed by atoms with E-state index < -0.39 is 0 Å². The molecule has 1 fully saturated rings. The van der Waals surface area contributed by atoms with Gasteiger partial charge in [0.25, 0.3) is 0 Å². The number of halogens is 2. The average Bonchev–Trinajstić information content (AvgIpc) is 3.47. The molecule has 0 amide bonds. The van der Waals surface area contributed by atoms with Gasteiger partial charge >= 0.3 is 0 Å². The van der Waals surface area contributed by atoms with E-state index in [-0.39, 0.29) is 0 Å². The van der Waals surface area contributed by atoms with Crippen LogP contribution in [-0.4, -0.2) is 45.2 Å². The summed E-state index contributed by atoms with van der Waals surface area (Å²) in [6.07, 6.45) is 6.66. The molecular weight excluding hydrogens is 510 g/mol. The third kappa shape index (κ3) is 4.23. The van der Waals surface area contributed by atoms with Crippen LogP contribution in [0.4, 0.5) is 5.82 Å². The van der Waals surface area contributed by atoms with Crippen LogP contribution in [0.15, 0.2) is 65.3 Å². The van der Waals surface area contributed by atoms with Crippen molar-refractivity contribution in [1.29, 1.82) is 0 Å². The Morgan fingerprint density at radius 2 is 1.82 bits per heavy atom. The van der Waals surface area contributed by atoms with Gasteiger partial charge in [0.05, 0.1) is 16.4 Å². The normalized spacial score (nSPS) is 18.9. The van der Waals surface area contributed by atoms with Gasteiger partial charge in [-0.15, -0.1) is 0 Å². The molecule has 34 heavy (non-hydrogen) atoms. The van der Waals surface area contributed by atoms with E-state index in [0.717, 1.165) is 40.3 Å². The summed E-state index contributed by atoms with van der Waals surface area (Å²) in [5.74, 6) is 1.54. The zero-order valence-corrected chi connectivity index (χ0v) is 21.3. The number of likely N-dealkylation sites (tertiary alicyclic amines) is 1. The number of hydrogen-bond donors (Lipinski definition) is 1. The quantitative estimate of drug-likeness (QED) is 0.335. The molecule has 1 aliphatic heterocycles. The monoisotopic (exact) mass is 535 g/mol. The van der Waals surface area contributed by atoms with Crippen molar-refractivity contribution in [2.45, 2.75) is 31.7 Å². The highest BCUT2D eigenvalue weighted by Gasteiger charge is 2.30. The summed E-state index contributed by atoms with van der Waals surface area (Å²) in [5.41, 5.74) is 5.61. The number of piperidine rings is 1. The fourth-order valence-electron chi connectivity index (χ4n) is 5.51. The molecule has 174 valence electrons. The molecule has 3 heterocycles. The third-order valence-electron chi connectivity index (χ3n) is 7.25. The van der Waals surface area contributed by atoms with Gasteiger partial charge in [-0.3, -0.25) is 4.90 Å². The number of benzene rings is 2. The van der Waals surface area contributed by atoms with Crippen LogP contribution in [0.1, 0.15) is 24.0 Å². The predicted molar refractivity (Wildman–Crippen MR) is 142 cm³/mol. The second-order valence-electron chi connectivity index (χ2n) is 9.45. The Morgan fingerprint density at radius 1 is 1.06 bits per heavy atom. The van der Waals surface area contributed by atoms with Crippen LogP contribution in [0.5, 0.6) is 0 Å². The first-order valence-corrected chi connectivity index (χ1v) is 13.2. The molecule has 1 aliphatic carbocycles. The van der Waals surface area contributed by atoms with Gasteiger partial charge < -0.3 is 5.32 Å². The fraction of sp³-hybridized carbons (Fsp3) is 0.333. The van der Waals surface area contributed by atoms with Crippen LogP contribution in [0.2, 0.25) is 5.02 Å². The number of nitrogens with zero attached hydrogens (tertiary/aromatic N) is 4. The largest absolute Gasteiger partial charge is 0.370 e. The molecule has 1 N–H and O–H groups in total. The highest BCUT2D eigenvalue weighted by atomic mass is 79.9. The Morgan fingerprint density at radius 3 is 2.62 bits per heavy atom. The molecule has 1 atom stereocenters.